The Morgan fingerprint density at radius 3 is 2.68 bits per heavy atom. The van der Waals surface area contributed by atoms with Crippen molar-refractivity contribution in [3.8, 4) is 6.07 Å². The van der Waals surface area contributed by atoms with Crippen molar-refractivity contribution in [2.75, 3.05) is 5.32 Å². The van der Waals surface area contributed by atoms with Crippen molar-refractivity contribution < 1.29 is 4.79 Å². The van der Waals surface area contributed by atoms with Gasteiger partial charge in [-0.15, -0.1) is 0 Å². The molecule has 2 aromatic heterocycles. The molecule has 144 valence electrons. The summed E-state index contributed by atoms with van der Waals surface area (Å²) in [6.45, 7) is 6.03. The van der Waals surface area contributed by atoms with E-state index in [1.165, 1.54) is 24.0 Å². The third-order valence-corrected chi connectivity index (χ3v) is 4.99. The van der Waals surface area contributed by atoms with Crippen LogP contribution in [0, 0.1) is 16.7 Å². The molecule has 7 nitrogen and oxygen atoms in total. The second-order valence-corrected chi connectivity index (χ2v) is 7.60. The number of nitriles is 1. The SMILES string of the molecule is CC(C)=C(C[C@@H](C)c1cc(NC(=O)c2ccc(C#N)cn2)ccn1)SC(=N)N. The first-order chi connectivity index (χ1) is 13.3. The number of allylic oxidation sites excluding steroid dienone is 2. The number of aromatic nitrogens is 2. The van der Waals surface area contributed by atoms with Gasteiger partial charge in [-0.05, 0) is 49.4 Å². The number of amidine groups is 1. The first-order valence-electron chi connectivity index (χ1n) is 8.61. The van der Waals surface area contributed by atoms with Gasteiger partial charge in [-0.3, -0.25) is 15.2 Å². The molecule has 0 spiro atoms. The zero-order valence-electron chi connectivity index (χ0n) is 16.0. The van der Waals surface area contributed by atoms with E-state index in [-0.39, 0.29) is 22.7 Å². The quantitative estimate of drug-likeness (QED) is 0.501. The predicted octanol–water partition coefficient (Wildman–Crippen LogP) is 4.01. The van der Waals surface area contributed by atoms with E-state index in [0.29, 0.717) is 17.7 Å². The first kappa shape index (κ1) is 21.1. The largest absolute Gasteiger partial charge is 0.378 e. The summed E-state index contributed by atoms with van der Waals surface area (Å²) in [7, 11) is 0. The van der Waals surface area contributed by atoms with Crippen LogP contribution in [0.15, 0.2) is 47.1 Å². The van der Waals surface area contributed by atoms with E-state index in [9.17, 15) is 4.79 Å². The zero-order valence-corrected chi connectivity index (χ0v) is 16.8. The molecule has 0 radical (unpaired) electrons. The molecule has 0 aliphatic carbocycles. The minimum atomic E-state index is -0.355. The fourth-order valence-electron chi connectivity index (χ4n) is 2.45. The number of hydrogen-bond acceptors (Lipinski definition) is 6. The number of anilines is 1. The van der Waals surface area contributed by atoms with Crippen molar-refractivity contribution in [3.63, 3.8) is 0 Å². The van der Waals surface area contributed by atoms with E-state index in [4.69, 9.17) is 16.4 Å². The maximum Gasteiger partial charge on any atom is 0.274 e. The number of thioether (sulfide) groups is 1. The van der Waals surface area contributed by atoms with E-state index in [0.717, 1.165) is 16.2 Å². The average Bonchev–Trinajstić information content (AvgIpc) is 2.67. The Bertz CT molecular complexity index is 942. The molecule has 2 rings (SSSR count). The normalized spacial score (nSPS) is 11.2. The highest BCUT2D eigenvalue weighted by atomic mass is 32.2. The maximum atomic E-state index is 12.4. The molecule has 0 aliphatic heterocycles. The van der Waals surface area contributed by atoms with Gasteiger partial charge in [-0.25, -0.2) is 4.98 Å². The maximum absolute atomic E-state index is 12.4. The highest BCUT2D eigenvalue weighted by Crippen LogP contribution is 2.31. The Hall–Kier alpha value is -3.18. The number of carbonyl (C=O) groups is 1. The van der Waals surface area contributed by atoms with Crippen LogP contribution in [0.3, 0.4) is 0 Å². The number of amides is 1. The van der Waals surface area contributed by atoms with Crippen LogP contribution in [0.5, 0.6) is 0 Å². The van der Waals surface area contributed by atoms with E-state index in [2.05, 4.69) is 15.3 Å². The third-order valence-electron chi connectivity index (χ3n) is 3.95. The van der Waals surface area contributed by atoms with Crippen LogP contribution in [-0.4, -0.2) is 21.0 Å². The monoisotopic (exact) mass is 394 g/mol. The summed E-state index contributed by atoms with van der Waals surface area (Å²) in [4.78, 5) is 21.8. The van der Waals surface area contributed by atoms with Gasteiger partial charge in [0.1, 0.15) is 11.8 Å². The van der Waals surface area contributed by atoms with Gasteiger partial charge in [0.25, 0.3) is 5.91 Å². The number of pyridine rings is 2. The average molecular weight is 395 g/mol. The number of carbonyl (C=O) groups excluding carboxylic acids is 1. The summed E-state index contributed by atoms with van der Waals surface area (Å²) in [5.74, 6) is -0.270. The molecule has 0 aliphatic rings. The molecular weight excluding hydrogens is 372 g/mol. The summed E-state index contributed by atoms with van der Waals surface area (Å²) >= 11 is 1.26. The molecule has 2 aromatic rings. The number of nitrogens with two attached hydrogens (primary N) is 1. The van der Waals surface area contributed by atoms with Crippen molar-refractivity contribution in [1.29, 1.82) is 10.7 Å². The third kappa shape index (κ3) is 5.93. The molecule has 1 amide bonds. The molecule has 0 bridgehead atoms. The minimum Gasteiger partial charge on any atom is -0.378 e. The number of nitrogens with zero attached hydrogens (tertiary/aromatic N) is 3. The van der Waals surface area contributed by atoms with Crippen LogP contribution >= 0.6 is 11.8 Å². The molecule has 28 heavy (non-hydrogen) atoms. The lowest BCUT2D eigenvalue weighted by Crippen LogP contribution is -2.14. The van der Waals surface area contributed by atoms with Gasteiger partial charge in [-0.1, -0.05) is 24.3 Å². The Morgan fingerprint density at radius 2 is 2.11 bits per heavy atom. The van der Waals surface area contributed by atoms with Gasteiger partial charge in [-0.2, -0.15) is 5.26 Å². The van der Waals surface area contributed by atoms with Gasteiger partial charge in [0.15, 0.2) is 5.17 Å². The summed E-state index contributed by atoms with van der Waals surface area (Å²) < 4.78 is 0. The lowest BCUT2D eigenvalue weighted by molar-refractivity contribution is 0.102. The summed E-state index contributed by atoms with van der Waals surface area (Å²) in [6, 6.07) is 8.57. The van der Waals surface area contributed by atoms with Crippen molar-refractivity contribution >= 4 is 28.5 Å². The first-order valence-corrected chi connectivity index (χ1v) is 9.43. The molecule has 2 heterocycles. The van der Waals surface area contributed by atoms with Gasteiger partial charge in [0.05, 0.1) is 5.56 Å². The van der Waals surface area contributed by atoms with E-state index < -0.39 is 0 Å². The fraction of sp³-hybridized carbons (Fsp3) is 0.250. The van der Waals surface area contributed by atoms with Crippen LogP contribution in [0.1, 0.15) is 54.9 Å². The van der Waals surface area contributed by atoms with E-state index >= 15 is 0 Å². The predicted molar refractivity (Wildman–Crippen MR) is 112 cm³/mol. The highest BCUT2D eigenvalue weighted by Gasteiger charge is 2.14. The van der Waals surface area contributed by atoms with Crippen LogP contribution in [0.2, 0.25) is 0 Å². The summed E-state index contributed by atoms with van der Waals surface area (Å²) in [5.41, 5.74) is 8.71. The number of rotatable bonds is 6. The van der Waals surface area contributed by atoms with Gasteiger partial charge < -0.3 is 11.1 Å². The van der Waals surface area contributed by atoms with Gasteiger partial charge in [0, 0.05) is 29.7 Å². The van der Waals surface area contributed by atoms with Crippen LogP contribution in [0.4, 0.5) is 5.69 Å². The number of nitrogens with one attached hydrogen (secondary N) is 2. The Kier molecular flexibility index (Phi) is 7.29. The molecule has 8 heteroatoms. The van der Waals surface area contributed by atoms with Crippen molar-refractivity contribution in [3.05, 3.63) is 64.1 Å². The molecule has 0 unspecified atom stereocenters. The van der Waals surface area contributed by atoms with Gasteiger partial charge >= 0.3 is 0 Å². The van der Waals surface area contributed by atoms with Crippen molar-refractivity contribution in [2.24, 2.45) is 5.73 Å². The van der Waals surface area contributed by atoms with Crippen molar-refractivity contribution in [2.45, 2.75) is 33.1 Å². The molecule has 0 saturated carbocycles. The van der Waals surface area contributed by atoms with Crippen molar-refractivity contribution in [1.82, 2.24) is 9.97 Å². The molecule has 0 fully saturated rings. The Labute approximate surface area is 168 Å². The molecular formula is C20H22N6OS. The highest BCUT2D eigenvalue weighted by molar-refractivity contribution is 8.17. The van der Waals surface area contributed by atoms with E-state index in [1.54, 1.807) is 18.3 Å². The second-order valence-electron chi connectivity index (χ2n) is 6.46. The second kappa shape index (κ2) is 9.67. The molecule has 1 atom stereocenters. The van der Waals surface area contributed by atoms with Crippen LogP contribution in [0.25, 0.3) is 0 Å². The minimum absolute atomic E-state index is 0.0623. The van der Waals surface area contributed by atoms with E-state index in [1.807, 2.05) is 32.9 Å². The van der Waals surface area contributed by atoms with Crippen LogP contribution in [-0.2, 0) is 0 Å². The topological polar surface area (TPSA) is 129 Å². The summed E-state index contributed by atoms with van der Waals surface area (Å²) in [6.07, 6.45) is 3.71. The smallest absolute Gasteiger partial charge is 0.274 e. The molecule has 0 saturated heterocycles. The zero-order chi connectivity index (χ0) is 20.7. The standard InChI is InChI=1S/C20H22N6OS/c1-12(2)18(28-20(22)23)8-13(3)17-9-15(6-7-24-17)26-19(27)16-5-4-14(10-21)11-25-16/h4-7,9,11,13H,8H2,1-3H3,(H3,22,23)(H,24,26,27)/t13-/m1/s1. The molecule has 4 N–H and O–H groups in total. The summed E-state index contributed by atoms with van der Waals surface area (Å²) in [5, 5.41) is 19.2. The number of hydrogen-bond donors (Lipinski definition) is 3. The van der Waals surface area contributed by atoms with Crippen LogP contribution < -0.4 is 11.1 Å². The fourth-order valence-corrected chi connectivity index (χ4v) is 3.25. The Morgan fingerprint density at radius 1 is 1.36 bits per heavy atom. The lowest BCUT2D eigenvalue weighted by Gasteiger charge is -2.15. The molecule has 0 aromatic carbocycles. The van der Waals surface area contributed by atoms with Gasteiger partial charge in [0.2, 0.25) is 0 Å². The lowest BCUT2D eigenvalue weighted by atomic mass is 10.0. The Balaban J connectivity index is 2.12.